The van der Waals surface area contributed by atoms with E-state index in [1.54, 1.807) is 7.11 Å². The fourth-order valence-corrected chi connectivity index (χ4v) is 1.25. The summed E-state index contributed by atoms with van der Waals surface area (Å²) in [6.07, 6.45) is 2.61. The highest BCUT2D eigenvalue weighted by atomic mass is 16.4. The van der Waals surface area contributed by atoms with Gasteiger partial charge in [0.15, 0.2) is 0 Å². The van der Waals surface area contributed by atoms with Crippen molar-refractivity contribution in [1.29, 1.82) is 0 Å². The highest BCUT2D eigenvalue weighted by molar-refractivity contribution is 6.23. The third-order valence-corrected chi connectivity index (χ3v) is 1.85. The lowest BCUT2D eigenvalue weighted by Gasteiger charge is -2.17. The lowest BCUT2D eigenvalue weighted by atomic mass is 10.1. The molecule has 1 aliphatic heterocycles. The Morgan fingerprint density at radius 2 is 2.44 bits per heavy atom. The average Bonchev–Trinajstić information content (AvgIpc) is 2.18. The SMILES string of the molecule is CO[B]N1CCCC1C. The van der Waals surface area contributed by atoms with E-state index in [-0.39, 0.29) is 0 Å². The Morgan fingerprint density at radius 3 is 2.89 bits per heavy atom. The minimum atomic E-state index is 0.685. The topological polar surface area (TPSA) is 12.5 Å². The second kappa shape index (κ2) is 3.23. The first kappa shape index (κ1) is 7.10. The van der Waals surface area contributed by atoms with Gasteiger partial charge in [0.05, 0.1) is 0 Å². The summed E-state index contributed by atoms with van der Waals surface area (Å²) < 4.78 is 4.90. The summed E-state index contributed by atoms with van der Waals surface area (Å²) in [5.74, 6) is 0. The van der Waals surface area contributed by atoms with E-state index >= 15 is 0 Å². The highest BCUT2D eigenvalue weighted by Gasteiger charge is 2.20. The predicted octanol–water partition coefficient (Wildman–Crippen LogP) is 0.651. The van der Waals surface area contributed by atoms with Crippen LogP contribution in [0.1, 0.15) is 19.8 Å². The second-order valence-corrected chi connectivity index (χ2v) is 2.57. The molecule has 1 radical (unpaired) electrons. The van der Waals surface area contributed by atoms with Crippen LogP contribution in [0.2, 0.25) is 0 Å². The zero-order chi connectivity index (χ0) is 6.69. The fraction of sp³-hybridized carbons (Fsp3) is 1.00. The molecule has 0 aliphatic carbocycles. The molecule has 51 valence electrons. The van der Waals surface area contributed by atoms with Gasteiger partial charge in [-0.3, -0.25) is 0 Å². The summed E-state index contributed by atoms with van der Waals surface area (Å²) >= 11 is 0. The fourth-order valence-electron chi connectivity index (χ4n) is 1.25. The quantitative estimate of drug-likeness (QED) is 0.503. The van der Waals surface area contributed by atoms with Crippen LogP contribution < -0.4 is 0 Å². The highest BCUT2D eigenvalue weighted by Crippen LogP contribution is 2.13. The number of hydrogen-bond acceptors (Lipinski definition) is 2. The molecule has 0 bridgehead atoms. The molecule has 1 atom stereocenters. The molecule has 0 aromatic heterocycles. The van der Waals surface area contributed by atoms with E-state index in [0.29, 0.717) is 6.04 Å². The van der Waals surface area contributed by atoms with Crippen molar-refractivity contribution in [3.8, 4) is 0 Å². The van der Waals surface area contributed by atoms with Crippen molar-refractivity contribution in [2.75, 3.05) is 13.7 Å². The van der Waals surface area contributed by atoms with Crippen LogP contribution in [0.5, 0.6) is 0 Å². The maximum Gasteiger partial charge on any atom is 0.398 e. The van der Waals surface area contributed by atoms with Gasteiger partial charge in [-0.25, -0.2) is 0 Å². The maximum absolute atomic E-state index is 4.90. The van der Waals surface area contributed by atoms with Crippen LogP contribution in [0, 0.1) is 0 Å². The molecule has 0 amide bonds. The van der Waals surface area contributed by atoms with Gasteiger partial charge in [0, 0.05) is 7.11 Å². The van der Waals surface area contributed by atoms with Crippen LogP contribution in [-0.4, -0.2) is 32.1 Å². The van der Waals surface area contributed by atoms with Gasteiger partial charge in [0.2, 0.25) is 0 Å². The van der Waals surface area contributed by atoms with Crippen LogP contribution in [0.4, 0.5) is 0 Å². The molecule has 9 heavy (non-hydrogen) atoms. The first-order chi connectivity index (χ1) is 4.34. The van der Waals surface area contributed by atoms with Crippen LogP contribution in [-0.2, 0) is 4.65 Å². The molecular formula is C6H13BNO. The van der Waals surface area contributed by atoms with E-state index in [9.17, 15) is 0 Å². The van der Waals surface area contributed by atoms with E-state index in [1.165, 1.54) is 12.8 Å². The standard InChI is InChI=1S/C6H13BNO/c1-6-4-3-5-8(6)7-9-2/h6H,3-5H2,1-2H3. The Balaban J connectivity index is 2.22. The molecule has 0 saturated carbocycles. The monoisotopic (exact) mass is 126 g/mol. The molecule has 2 nitrogen and oxygen atoms in total. The van der Waals surface area contributed by atoms with Crippen molar-refractivity contribution >= 4 is 7.62 Å². The van der Waals surface area contributed by atoms with Crippen molar-refractivity contribution in [3.05, 3.63) is 0 Å². The summed E-state index contributed by atoms with van der Waals surface area (Å²) in [7, 11) is 3.52. The van der Waals surface area contributed by atoms with Crippen LogP contribution in [0.15, 0.2) is 0 Å². The normalized spacial score (nSPS) is 28.9. The molecule has 0 spiro atoms. The van der Waals surface area contributed by atoms with Gasteiger partial charge in [-0.05, 0) is 25.4 Å². The molecule has 1 aliphatic rings. The Kier molecular flexibility index (Phi) is 2.55. The zero-order valence-corrected chi connectivity index (χ0v) is 6.13. The van der Waals surface area contributed by atoms with Crippen LogP contribution in [0.3, 0.4) is 0 Å². The van der Waals surface area contributed by atoms with Gasteiger partial charge in [-0.15, -0.1) is 0 Å². The summed E-state index contributed by atoms with van der Waals surface area (Å²) in [6, 6.07) is 0.685. The minimum absolute atomic E-state index is 0.685. The zero-order valence-electron chi connectivity index (χ0n) is 6.13. The number of nitrogens with zero attached hydrogens (tertiary/aromatic N) is 1. The molecular weight excluding hydrogens is 113 g/mol. The average molecular weight is 126 g/mol. The van der Waals surface area contributed by atoms with Crippen molar-refractivity contribution in [1.82, 2.24) is 4.81 Å². The van der Waals surface area contributed by atoms with Gasteiger partial charge >= 0.3 is 7.62 Å². The van der Waals surface area contributed by atoms with Crippen molar-refractivity contribution in [2.24, 2.45) is 0 Å². The van der Waals surface area contributed by atoms with Gasteiger partial charge in [0.25, 0.3) is 0 Å². The molecule has 1 heterocycles. The first-order valence-electron chi connectivity index (χ1n) is 3.46. The third-order valence-electron chi connectivity index (χ3n) is 1.85. The van der Waals surface area contributed by atoms with E-state index in [4.69, 9.17) is 4.65 Å². The Hall–Kier alpha value is -0.0151. The summed E-state index contributed by atoms with van der Waals surface area (Å²) in [5, 5.41) is 0. The molecule has 0 aromatic carbocycles. The lowest BCUT2D eigenvalue weighted by Crippen LogP contribution is -2.31. The first-order valence-corrected chi connectivity index (χ1v) is 3.46. The maximum atomic E-state index is 4.90. The predicted molar refractivity (Wildman–Crippen MR) is 38.2 cm³/mol. The molecule has 1 unspecified atom stereocenters. The van der Waals surface area contributed by atoms with Crippen LogP contribution >= 0.6 is 0 Å². The van der Waals surface area contributed by atoms with Crippen molar-refractivity contribution in [3.63, 3.8) is 0 Å². The van der Waals surface area contributed by atoms with E-state index < -0.39 is 0 Å². The van der Waals surface area contributed by atoms with Crippen molar-refractivity contribution in [2.45, 2.75) is 25.8 Å². The Labute approximate surface area is 57.5 Å². The summed E-state index contributed by atoms with van der Waals surface area (Å²) in [6.45, 7) is 3.39. The molecule has 1 saturated heterocycles. The van der Waals surface area contributed by atoms with Gasteiger partial charge in [0.1, 0.15) is 0 Å². The third kappa shape index (κ3) is 1.70. The smallest absolute Gasteiger partial charge is 0.398 e. The van der Waals surface area contributed by atoms with Gasteiger partial charge in [-0.1, -0.05) is 6.92 Å². The molecule has 1 rings (SSSR count). The minimum Gasteiger partial charge on any atom is -0.427 e. The lowest BCUT2D eigenvalue weighted by molar-refractivity contribution is 0.334. The Bertz CT molecular complexity index is 89.1. The molecule has 0 aromatic rings. The largest absolute Gasteiger partial charge is 0.427 e. The van der Waals surface area contributed by atoms with Crippen molar-refractivity contribution < 1.29 is 4.65 Å². The Morgan fingerprint density at radius 1 is 1.67 bits per heavy atom. The van der Waals surface area contributed by atoms with E-state index in [0.717, 1.165) is 6.54 Å². The second-order valence-electron chi connectivity index (χ2n) is 2.57. The molecule has 0 N–H and O–H groups in total. The van der Waals surface area contributed by atoms with Gasteiger partial charge in [-0.2, -0.15) is 0 Å². The number of rotatable bonds is 2. The summed E-state index contributed by atoms with van der Waals surface area (Å²) in [4.78, 5) is 2.24. The van der Waals surface area contributed by atoms with Gasteiger partial charge < -0.3 is 9.47 Å². The van der Waals surface area contributed by atoms with E-state index in [2.05, 4.69) is 11.7 Å². The molecule has 3 heteroatoms. The molecule has 1 fully saturated rings. The van der Waals surface area contributed by atoms with Crippen LogP contribution in [0.25, 0.3) is 0 Å². The summed E-state index contributed by atoms with van der Waals surface area (Å²) in [5.41, 5.74) is 0. The number of hydrogen-bond donors (Lipinski definition) is 0. The van der Waals surface area contributed by atoms with E-state index in [1.807, 2.05) is 7.62 Å².